The predicted molar refractivity (Wildman–Crippen MR) is 101 cm³/mol. The van der Waals surface area contributed by atoms with Crippen molar-refractivity contribution in [3.8, 4) is 5.75 Å². The molecule has 0 aliphatic rings. The van der Waals surface area contributed by atoms with Crippen molar-refractivity contribution in [1.82, 2.24) is 0 Å². The fourth-order valence-electron chi connectivity index (χ4n) is 2.72. The van der Waals surface area contributed by atoms with E-state index < -0.39 is 0 Å². The molecule has 0 spiro atoms. The van der Waals surface area contributed by atoms with Crippen LogP contribution in [-0.2, 0) is 4.79 Å². The van der Waals surface area contributed by atoms with Crippen LogP contribution < -0.4 is 15.4 Å². The molecule has 1 aromatic heterocycles. The highest BCUT2D eigenvalue weighted by Gasteiger charge is 2.20. The number of hydrogen-bond donors (Lipinski definition) is 2. The second-order valence-electron chi connectivity index (χ2n) is 5.59. The maximum atomic E-state index is 12.4. The summed E-state index contributed by atoms with van der Waals surface area (Å²) >= 11 is 1.70. The topological polar surface area (TPSA) is 54.9 Å². The molecule has 5 heteroatoms. The first kappa shape index (κ1) is 17.2. The van der Waals surface area contributed by atoms with Gasteiger partial charge >= 0.3 is 0 Å². The second kappa shape index (κ2) is 8.46. The Morgan fingerprint density at radius 2 is 1.84 bits per heavy atom. The van der Waals surface area contributed by atoms with Crippen LogP contribution in [0.1, 0.15) is 16.5 Å². The lowest BCUT2D eigenvalue weighted by molar-refractivity contribution is -0.675. The van der Waals surface area contributed by atoms with Gasteiger partial charge in [0.1, 0.15) is 11.8 Å². The lowest BCUT2D eigenvalue weighted by Crippen LogP contribution is -2.87. The molecule has 0 saturated heterocycles. The Bertz CT molecular complexity index is 804. The number of nitrogens with two attached hydrogens (primary N) is 1. The van der Waals surface area contributed by atoms with Crippen LogP contribution in [-0.4, -0.2) is 19.6 Å². The van der Waals surface area contributed by atoms with Crippen LogP contribution in [0, 0.1) is 0 Å². The van der Waals surface area contributed by atoms with Gasteiger partial charge in [-0.25, -0.2) is 0 Å². The zero-order chi connectivity index (χ0) is 17.5. The molecule has 1 heterocycles. The number of ether oxygens (including phenoxy) is 1. The fraction of sp³-hybridized carbons (Fsp3) is 0.150. The molecular weight excluding hydrogens is 332 g/mol. The lowest BCUT2D eigenvalue weighted by Gasteiger charge is -2.15. The highest BCUT2D eigenvalue weighted by Crippen LogP contribution is 2.23. The third-order valence-corrected chi connectivity index (χ3v) is 4.88. The van der Waals surface area contributed by atoms with Crippen molar-refractivity contribution in [2.24, 2.45) is 0 Å². The maximum absolute atomic E-state index is 12.4. The van der Waals surface area contributed by atoms with Crippen molar-refractivity contribution < 1.29 is 14.8 Å². The zero-order valence-corrected chi connectivity index (χ0v) is 14.8. The average molecular weight is 353 g/mol. The number of carbonyl (C=O) groups is 1. The Balaban J connectivity index is 1.68. The number of para-hydroxylation sites is 2. The molecule has 4 nitrogen and oxygen atoms in total. The van der Waals surface area contributed by atoms with E-state index >= 15 is 0 Å². The zero-order valence-electron chi connectivity index (χ0n) is 14.0. The van der Waals surface area contributed by atoms with E-state index in [0.29, 0.717) is 18.0 Å². The van der Waals surface area contributed by atoms with Crippen molar-refractivity contribution in [3.05, 3.63) is 82.6 Å². The summed E-state index contributed by atoms with van der Waals surface area (Å²) in [6.45, 7) is 0.329. The molecule has 0 aliphatic heterocycles. The van der Waals surface area contributed by atoms with Gasteiger partial charge in [0, 0.05) is 5.56 Å². The smallest absolute Gasteiger partial charge is 0.279 e. The van der Waals surface area contributed by atoms with Gasteiger partial charge in [-0.05, 0) is 23.6 Å². The Kier molecular flexibility index (Phi) is 5.82. The third-order valence-electron chi connectivity index (χ3n) is 3.93. The van der Waals surface area contributed by atoms with Gasteiger partial charge in [0.25, 0.3) is 5.91 Å². The standard InChI is InChI=1S/C20H20N2O2S/c1-24-17-11-6-5-10-16(17)22-19(23)14-21-20(18-12-7-13-25-18)15-8-3-2-4-9-15/h2-13,20-21H,14H2,1H3,(H,22,23)/p+1/t20-/m1/s1. The van der Waals surface area contributed by atoms with Crippen LogP contribution in [0.3, 0.4) is 0 Å². The fourth-order valence-corrected chi connectivity index (χ4v) is 3.57. The SMILES string of the molecule is COc1ccccc1NC(=O)C[NH2+][C@H](c1ccccc1)c1cccs1. The van der Waals surface area contributed by atoms with E-state index in [9.17, 15) is 4.79 Å². The summed E-state index contributed by atoms with van der Waals surface area (Å²) in [7, 11) is 1.60. The highest BCUT2D eigenvalue weighted by atomic mass is 32.1. The van der Waals surface area contributed by atoms with Crippen LogP contribution in [0.25, 0.3) is 0 Å². The van der Waals surface area contributed by atoms with Gasteiger partial charge in [-0.3, -0.25) is 4.79 Å². The number of nitrogens with one attached hydrogen (secondary N) is 1. The molecule has 0 aliphatic carbocycles. The van der Waals surface area contributed by atoms with Crippen LogP contribution in [0.2, 0.25) is 0 Å². The molecule has 128 valence electrons. The lowest BCUT2D eigenvalue weighted by atomic mass is 10.1. The first-order valence-corrected chi connectivity index (χ1v) is 9.00. The number of methoxy groups -OCH3 is 1. The van der Waals surface area contributed by atoms with Crippen LogP contribution >= 0.6 is 11.3 Å². The summed E-state index contributed by atoms with van der Waals surface area (Å²) in [6, 6.07) is 21.9. The van der Waals surface area contributed by atoms with E-state index in [1.807, 2.05) is 48.5 Å². The molecule has 0 unspecified atom stereocenters. The summed E-state index contributed by atoms with van der Waals surface area (Å²) in [5.41, 5.74) is 1.88. The molecule has 2 aromatic carbocycles. The first-order valence-electron chi connectivity index (χ1n) is 8.12. The molecule has 3 aromatic rings. The number of amides is 1. The largest absolute Gasteiger partial charge is 0.495 e. The summed E-state index contributed by atoms with van der Waals surface area (Å²) < 4.78 is 5.28. The number of carbonyl (C=O) groups excluding carboxylic acids is 1. The highest BCUT2D eigenvalue weighted by molar-refractivity contribution is 7.10. The third kappa shape index (κ3) is 4.47. The van der Waals surface area contributed by atoms with E-state index in [2.05, 4.69) is 34.2 Å². The van der Waals surface area contributed by atoms with Crippen molar-refractivity contribution >= 4 is 22.9 Å². The maximum Gasteiger partial charge on any atom is 0.279 e. The minimum atomic E-state index is -0.0537. The van der Waals surface area contributed by atoms with E-state index in [1.165, 1.54) is 10.4 Å². The van der Waals surface area contributed by atoms with Crippen molar-refractivity contribution in [2.45, 2.75) is 6.04 Å². The molecule has 0 fully saturated rings. The number of rotatable bonds is 7. The Hall–Kier alpha value is -2.63. The Morgan fingerprint density at radius 1 is 1.08 bits per heavy atom. The van der Waals surface area contributed by atoms with Gasteiger partial charge in [0.15, 0.2) is 6.54 Å². The first-order chi connectivity index (χ1) is 12.3. The molecule has 1 atom stereocenters. The minimum absolute atomic E-state index is 0.0537. The molecule has 1 amide bonds. The van der Waals surface area contributed by atoms with Crippen LogP contribution in [0.5, 0.6) is 5.75 Å². The predicted octanol–water partition coefficient (Wildman–Crippen LogP) is 3.05. The molecule has 0 saturated carbocycles. The quantitative estimate of drug-likeness (QED) is 0.686. The van der Waals surface area contributed by atoms with E-state index in [4.69, 9.17) is 4.74 Å². The van der Waals surface area contributed by atoms with Gasteiger partial charge in [-0.2, -0.15) is 0 Å². The molecule has 3 rings (SSSR count). The molecule has 0 radical (unpaired) electrons. The summed E-state index contributed by atoms with van der Waals surface area (Å²) in [5, 5.41) is 7.05. The van der Waals surface area contributed by atoms with Crippen molar-refractivity contribution in [3.63, 3.8) is 0 Å². The number of hydrogen-bond acceptors (Lipinski definition) is 3. The average Bonchev–Trinajstić information content (AvgIpc) is 3.18. The number of benzene rings is 2. The van der Waals surface area contributed by atoms with E-state index in [-0.39, 0.29) is 11.9 Å². The number of thiophene rings is 1. The molecule has 0 bridgehead atoms. The Morgan fingerprint density at radius 3 is 2.56 bits per heavy atom. The van der Waals surface area contributed by atoms with Crippen molar-refractivity contribution in [2.75, 3.05) is 19.0 Å². The molecular formula is C20H21N2O2S+. The minimum Gasteiger partial charge on any atom is -0.495 e. The van der Waals surface area contributed by atoms with Gasteiger partial charge < -0.3 is 15.4 Å². The number of anilines is 1. The summed E-state index contributed by atoms with van der Waals surface area (Å²) in [4.78, 5) is 13.6. The normalized spacial score (nSPS) is 11.7. The van der Waals surface area contributed by atoms with Crippen molar-refractivity contribution in [1.29, 1.82) is 0 Å². The van der Waals surface area contributed by atoms with Gasteiger partial charge in [-0.15, -0.1) is 11.3 Å². The number of quaternary nitrogens is 1. The van der Waals surface area contributed by atoms with E-state index in [1.54, 1.807) is 18.4 Å². The van der Waals surface area contributed by atoms with Gasteiger partial charge in [0.05, 0.1) is 17.7 Å². The van der Waals surface area contributed by atoms with Crippen LogP contribution in [0.15, 0.2) is 72.1 Å². The van der Waals surface area contributed by atoms with Gasteiger partial charge in [0.2, 0.25) is 0 Å². The van der Waals surface area contributed by atoms with Crippen LogP contribution in [0.4, 0.5) is 5.69 Å². The monoisotopic (exact) mass is 353 g/mol. The molecule has 25 heavy (non-hydrogen) atoms. The Labute approximate surface area is 151 Å². The summed E-state index contributed by atoms with van der Waals surface area (Å²) in [5.74, 6) is 0.607. The second-order valence-corrected chi connectivity index (χ2v) is 6.57. The van der Waals surface area contributed by atoms with E-state index in [0.717, 1.165) is 0 Å². The summed E-state index contributed by atoms with van der Waals surface area (Å²) in [6.07, 6.45) is 0. The van der Waals surface area contributed by atoms with Gasteiger partial charge in [-0.1, -0.05) is 48.5 Å². The molecule has 3 N–H and O–H groups in total.